The van der Waals surface area contributed by atoms with Gasteiger partial charge in [-0.2, -0.15) is 0 Å². The molecule has 5 nitrogen and oxygen atoms in total. The molecule has 1 rings (SSSR count). The van der Waals surface area contributed by atoms with Crippen LogP contribution in [0.25, 0.3) is 0 Å². The van der Waals surface area contributed by atoms with Crippen molar-refractivity contribution < 1.29 is 9.53 Å². The number of hydrogen-bond acceptors (Lipinski definition) is 4. The molecule has 0 radical (unpaired) electrons. The van der Waals surface area contributed by atoms with Gasteiger partial charge >= 0.3 is 6.09 Å². The zero-order valence-corrected chi connectivity index (χ0v) is 9.63. The zero-order chi connectivity index (χ0) is 10.9. The summed E-state index contributed by atoms with van der Waals surface area (Å²) < 4.78 is 4.92. The van der Waals surface area contributed by atoms with Crippen molar-refractivity contribution in [2.24, 2.45) is 5.73 Å². The third-order valence-corrected chi connectivity index (χ3v) is 1.67. The van der Waals surface area contributed by atoms with Crippen LogP contribution in [0.2, 0.25) is 0 Å². The topological polar surface area (TPSA) is 76.4 Å². The molecule has 90 valence electrons. The van der Waals surface area contributed by atoms with Gasteiger partial charge in [-0.3, -0.25) is 5.43 Å². The Hall–Kier alpha value is -1.30. The van der Waals surface area contributed by atoms with Crippen LogP contribution in [0.15, 0.2) is 30.3 Å². The average Bonchev–Trinajstić information content (AvgIpc) is 2.28. The van der Waals surface area contributed by atoms with E-state index in [2.05, 4.69) is 10.9 Å². The summed E-state index contributed by atoms with van der Waals surface area (Å²) in [5, 5.41) is 0. The maximum Gasteiger partial charge on any atom is 0.421 e. The molecule has 0 unspecified atom stereocenters. The van der Waals surface area contributed by atoms with Crippen LogP contribution in [0.1, 0.15) is 5.56 Å². The van der Waals surface area contributed by atoms with Crippen molar-refractivity contribution in [3.63, 3.8) is 0 Å². The molecule has 0 heterocycles. The highest BCUT2D eigenvalue weighted by molar-refractivity contribution is 5.85. The number of nitrogens with one attached hydrogen (secondary N) is 2. The van der Waals surface area contributed by atoms with Crippen molar-refractivity contribution in [2.75, 3.05) is 13.1 Å². The van der Waals surface area contributed by atoms with Gasteiger partial charge in [-0.05, 0) is 5.56 Å². The van der Waals surface area contributed by atoms with E-state index >= 15 is 0 Å². The molecule has 0 aliphatic carbocycles. The van der Waals surface area contributed by atoms with Crippen LogP contribution in [0.3, 0.4) is 0 Å². The lowest BCUT2D eigenvalue weighted by molar-refractivity contribution is 0.135. The van der Waals surface area contributed by atoms with Gasteiger partial charge in [-0.15, -0.1) is 12.4 Å². The van der Waals surface area contributed by atoms with Crippen LogP contribution >= 0.6 is 12.4 Å². The lowest BCUT2D eigenvalue weighted by Crippen LogP contribution is -2.40. The molecular formula is C10H16ClN3O2. The summed E-state index contributed by atoms with van der Waals surface area (Å²) in [6.07, 6.45) is -0.507. The van der Waals surface area contributed by atoms with E-state index in [1.807, 2.05) is 30.3 Å². The maximum atomic E-state index is 11.1. The van der Waals surface area contributed by atoms with Gasteiger partial charge < -0.3 is 10.5 Å². The minimum Gasteiger partial charge on any atom is -0.444 e. The molecule has 0 fully saturated rings. The number of halogens is 1. The summed E-state index contributed by atoms with van der Waals surface area (Å²) in [7, 11) is 0. The van der Waals surface area contributed by atoms with E-state index in [1.165, 1.54) is 0 Å². The van der Waals surface area contributed by atoms with Crippen LogP contribution in [-0.4, -0.2) is 19.2 Å². The van der Waals surface area contributed by atoms with Crippen LogP contribution in [-0.2, 0) is 11.3 Å². The lowest BCUT2D eigenvalue weighted by atomic mass is 10.2. The summed E-state index contributed by atoms with van der Waals surface area (Å²) in [5.41, 5.74) is 11.2. The molecule has 0 bridgehead atoms. The Labute approximate surface area is 101 Å². The number of rotatable bonds is 5. The van der Waals surface area contributed by atoms with E-state index in [9.17, 15) is 4.79 Å². The number of hydrogen-bond donors (Lipinski definition) is 3. The molecule has 0 spiro atoms. The van der Waals surface area contributed by atoms with Gasteiger partial charge in [0.15, 0.2) is 0 Å². The SMILES string of the molecule is Cl.NCCNNC(=O)OCc1ccccc1. The second-order valence-electron chi connectivity index (χ2n) is 2.90. The predicted molar refractivity (Wildman–Crippen MR) is 64.1 cm³/mol. The lowest BCUT2D eigenvalue weighted by Gasteiger charge is -2.07. The van der Waals surface area contributed by atoms with E-state index in [0.717, 1.165) is 5.56 Å². The van der Waals surface area contributed by atoms with Gasteiger partial charge in [-0.1, -0.05) is 30.3 Å². The molecule has 0 aliphatic rings. The molecule has 0 aromatic heterocycles. The number of benzene rings is 1. The fraction of sp³-hybridized carbons (Fsp3) is 0.300. The van der Waals surface area contributed by atoms with E-state index in [0.29, 0.717) is 13.1 Å². The molecule has 6 heteroatoms. The van der Waals surface area contributed by atoms with Crippen molar-refractivity contribution in [3.05, 3.63) is 35.9 Å². The average molecular weight is 246 g/mol. The fourth-order valence-corrected chi connectivity index (χ4v) is 0.966. The van der Waals surface area contributed by atoms with Crippen LogP contribution < -0.4 is 16.6 Å². The number of nitrogens with two attached hydrogens (primary N) is 1. The molecule has 0 saturated heterocycles. The smallest absolute Gasteiger partial charge is 0.421 e. The van der Waals surface area contributed by atoms with Crippen LogP contribution in [0, 0.1) is 0 Å². The van der Waals surface area contributed by atoms with Gasteiger partial charge in [0.2, 0.25) is 0 Å². The number of carbonyl (C=O) groups is 1. The van der Waals surface area contributed by atoms with E-state index in [1.54, 1.807) is 0 Å². The first kappa shape index (κ1) is 14.7. The Kier molecular flexibility index (Phi) is 8.24. The molecule has 0 atom stereocenters. The molecule has 0 aliphatic heterocycles. The van der Waals surface area contributed by atoms with E-state index in [4.69, 9.17) is 10.5 Å². The first-order chi connectivity index (χ1) is 7.33. The minimum absolute atomic E-state index is 0. The quantitative estimate of drug-likeness (QED) is 0.530. The molecule has 1 aromatic rings. The minimum atomic E-state index is -0.507. The standard InChI is InChI=1S/C10H15N3O2.ClH/c11-6-7-12-13-10(14)15-8-9-4-2-1-3-5-9;/h1-5,12H,6-8,11H2,(H,13,14);1H. The van der Waals surface area contributed by atoms with E-state index in [-0.39, 0.29) is 19.0 Å². The Morgan fingerprint density at radius 1 is 1.31 bits per heavy atom. The fourth-order valence-electron chi connectivity index (χ4n) is 0.966. The van der Waals surface area contributed by atoms with Crippen LogP contribution in [0.4, 0.5) is 4.79 Å². The number of hydrazine groups is 1. The van der Waals surface area contributed by atoms with Crippen molar-refractivity contribution in [3.8, 4) is 0 Å². The molecule has 16 heavy (non-hydrogen) atoms. The van der Waals surface area contributed by atoms with Gasteiger partial charge in [-0.25, -0.2) is 10.2 Å². The van der Waals surface area contributed by atoms with Crippen molar-refractivity contribution in [2.45, 2.75) is 6.61 Å². The first-order valence-corrected chi connectivity index (χ1v) is 4.72. The van der Waals surface area contributed by atoms with Crippen molar-refractivity contribution in [1.82, 2.24) is 10.9 Å². The highest BCUT2D eigenvalue weighted by Crippen LogP contribution is 1.99. The zero-order valence-electron chi connectivity index (χ0n) is 8.81. The first-order valence-electron chi connectivity index (χ1n) is 4.72. The Morgan fingerprint density at radius 3 is 2.62 bits per heavy atom. The molecular weight excluding hydrogens is 230 g/mol. The molecule has 1 amide bonds. The van der Waals surface area contributed by atoms with Crippen molar-refractivity contribution >= 4 is 18.5 Å². The summed E-state index contributed by atoms with van der Waals surface area (Å²) in [4.78, 5) is 11.1. The molecule has 1 aromatic carbocycles. The normalized spacial score (nSPS) is 9.06. The second-order valence-corrected chi connectivity index (χ2v) is 2.90. The summed E-state index contributed by atoms with van der Waals surface area (Å²) in [5.74, 6) is 0. The Morgan fingerprint density at radius 2 is 2.00 bits per heavy atom. The van der Waals surface area contributed by atoms with Gasteiger partial charge in [0.1, 0.15) is 6.61 Å². The summed E-state index contributed by atoms with van der Waals surface area (Å²) in [6, 6.07) is 9.47. The largest absolute Gasteiger partial charge is 0.444 e. The molecule has 4 N–H and O–H groups in total. The highest BCUT2D eigenvalue weighted by Gasteiger charge is 2.00. The second kappa shape index (κ2) is 8.96. The number of ether oxygens (including phenoxy) is 1. The third-order valence-electron chi connectivity index (χ3n) is 1.67. The van der Waals surface area contributed by atoms with Gasteiger partial charge in [0.25, 0.3) is 0 Å². The summed E-state index contributed by atoms with van der Waals surface area (Å²) in [6.45, 7) is 1.23. The predicted octanol–water partition coefficient (Wildman–Crippen LogP) is 0.798. The van der Waals surface area contributed by atoms with Crippen LogP contribution in [0.5, 0.6) is 0 Å². The number of amides is 1. The Balaban J connectivity index is 0.00000225. The van der Waals surface area contributed by atoms with Crippen molar-refractivity contribution in [1.29, 1.82) is 0 Å². The maximum absolute atomic E-state index is 11.1. The third kappa shape index (κ3) is 6.23. The highest BCUT2D eigenvalue weighted by atomic mass is 35.5. The molecule has 0 saturated carbocycles. The van der Waals surface area contributed by atoms with Gasteiger partial charge in [0, 0.05) is 13.1 Å². The monoisotopic (exact) mass is 245 g/mol. The summed E-state index contributed by atoms with van der Waals surface area (Å²) >= 11 is 0. The Bertz CT molecular complexity index is 295. The van der Waals surface area contributed by atoms with E-state index < -0.39 is 6.09 Å². The van der Waals surface area contributed by atoms with Gasteiger partial charge in [0.05, 0.1) is 0 Å². The number of carbonyl (C=O) groups excluding carboxylic acids is 1.